The molecule has 0 spiro atoms. The van der Waals surface area contributed by atoms with Gasteiger partial charge in [0.15, 0.2) is 11.5 Å². The van der Waals surface area contributed by atoms with E-state index in [1.165, 1.54) is 30.4 Å². The Kier molecular flexibility index (Phi) is 6.36. The maximum Gasteiger partial charge on any atom is 0.278 e. The summed E-state index contributed by atoms with van der Waals surface area (Å²) in [6.07, 6.45) is 9.42. The van der Waals surface area contributed by atoms with Gasteiger partial charge in [0.25, 0.3) is 5.56 Å². The van der Waals surface area contributed by atoms with Gasteiger partial charge in [0.1, 0.15) is 11.0 Å². The molecule has 9 heteroatoms. The van der Waals surface area contributed by atoms with Gasteiger partial charge in [0.2, 0.25) is 5.95 Å². The van der Waals surface area contributed by atoms with E-state index in [1.807, 2.05) is 12.1 Å². The summed E-state index contributed by atoms with van der Waals surface area (Å²) in [5.74, 6) is 0.953. The molecule has 42 heavy (non-hydrogen) atoms. The van der Waals surface area contributed by atoms with E-state index < -0.39 is 5.60 Å². The summed E-state index contributed by atoms with van der Waals surface area (Å²) in [5, 5.41) is 14.8. The molecule has 0 amide bonds. The summed E-state index contributed by atoms with van der Waals surface area (Å²) in [4.78, 5) is 30.3. The number of benzene rings is 1. The molecule has 4 aromatic rings. The number of pyridine rings is 1. The summed E-state index contributed by atoms with van der Waals surface area (Å²) in [7, 11) is 0. The van der Waals surface area contributed by atoms with E-state index in [1.54, 1.807) is 34.1 Å². The number of fused-ring (bicyclic) bond motifs is 2. The van der Waals surface area contributed by atoms with E-state index >= 15 is 0 Å². The molecule has 7 rings (SSSR count). The number of allylic oxidation sites excluding steroid dienone is 1. The van der Waals surface area contributed by atoms with Crippen LogP contribution in [0.15, 0.2) is 47.9 Å². The number of likely N-dealkylation sites (N-methyl/N-ethyl adjacent to an activating group) is 1. The van der Waals surface area contributed by atoms with Crippen molar-refractivity contribution < 1.29 is 5.11 Å². The van der Waals surface area contributed by atoms with Crippen LogP contribution in [-0.2, 0) is 36.9 Å². The molecule has 2 N–H and O–H groups in total. The first-order valence-corrected chi connectivity index (χ1v) is 15.2. The maximum atomic E-state index is 13.5. The van der Waals surface area contributed by atoms with Crippen LogP contribution in [0.2, 0.25) is 0 Å². The summed E-state index contributed by atoms with van der Waals surface area (Å²) in [6.45, 7) is 13.7. The van der Waals surface area contributed by atoms with Crippen LogP contribution in [0.3, 0.4) is 0 Å². The summed E-state index contributed by atoms with van der Waals surface area (Å²) in [6, 6.07) is 8.42. The van der Waals surface area contributed by atoms with E-state index in [0.29, 0.717) is 34.9 Å². The molecule has 2 unspecified atom stereocenters. The topological polar surface area (TPSA) is 101 Å². The largest absolute Gasteiger partial charge is 0.384 e. The van der Waals surface area contributed by atoms with Crippen LogP contribution >= 0.6 is 0 Å². The molecular weight excluding hydrogens is 526 g/mol. The van der Waals surface area contributed by atoms with Gasteiger partial charge in [-0.15, -0.1) is 6.58 Å². The van der Waals surface area contributed by atoms with Gasteiger partial charge in [-0.25, -0.2) is 19.3 Å². The zero-order chi connectivity index (χ0) is 29.2. The molecule has 1 aromatic carbocycles. The lowest BCUT2D eigenvalue weighted by Crippen LogP contribution is -2.44. The van der Waals surface area contributed by atoms with E-state index in [-0.39, 0.29) is 17.5 Å². The molecule has 2 aliphatic carbocycles. The summed E-state index contributed by atoms with van der Waals surface area (Å²) < 4.78 is 3.30. The van der Waals surface area contributed by atoms with Gasteiger partial charge in [-0.05, 0) is 86.0 Å². The maximum absolute atomic E-state index is 13.5. The highest BCUT2D eigenvalue weighted by Gasteiger charge is 2.38. The molecule has 2 atom stereocenters. The lowest BCUT2D eigenvalue weighted by molar-refractivity contribution is 0.0553. The molecule has 9 nitrogen and oxygen atoms in total. The number of aromatic nitrogens is 5. The predicted octanol–water partition coefficient (Wildman–Crippen LogP) is 4.88. The lowest BCUT2D eigenvalue weighted by Gasteiger charge is -2.42. The van der Waals surface area contributed by atoms with Crippen LogP contribution in [-0.4, -0.2) is 47.4 Å². The molecule has 3 aliphatic rings. The first-order valence-electron chi connectivity index (χ1n) is 15.2. The van der Waals surface area contributed by atoms with Gasteiger partial charge in [-0.2, -0.15) is 4.98 Å². The Morgan fingerprint density at radius 2 is 1.93 bits per heavy atom. The standard InChI is InChI=1S/C33H39N7O2/c1-5-15-39-30(41)25-18-34-31(37-29(25)40(39)26-11-10-21-12-14-33(4,42)28(21)36-26)35-24-16-22-9-7-8-13-32(3)20-38(6-2)19-23(17-24)27(22)32/h5,10-11,16-18,42H,1,6-9,12-15,19-20H2,2-4H3,(H,34,35,37). The number of nitrogens with zero attached hydrogens (tertiary/aromatic N) is 6. The van der Waals surface area contributed by atoms with Crippen molar-refractivity contribution in [1.29, 1.82) is 0 Å². The predicted molar refractivity (Wildman–Crippen MR) is 165 cm³/mol. The molecule has 218 valence electrons. The van der Waals surface area contributed by atoms with Gasteiger partial charge in [-0.1, -0.05) is 32.4 Å². The van der Waals surface area contributed by atoms with E-state index in [0.717, 1.165) is 43.7 Å². The Labute approximate surface area is 245 Å². The summed E-state index contributed by atoms with van der Waals surface area (Å²) in [5.41, 5.74) is 6.43. The van der Waals surface area contributed by atoms with Crippen molar-refractivity contribution in [3.63, 3.8) is 0 Å². The Balaban J connectivity index is 1.33. The number of aliphatic hydroxyl groups is 1. The normalized spacial score (nSPS) is 23.4. The van der Waals surface area contributed by atoms with Crippen LogP contribution < -0.4 is 10.9 Å². The summed E-state index contributed by atoms with van der Waals surface area (Å²) >= 11 is 0. The third-order valence-electron chi connectivity index (χ3n) is 9.55. The second-order valence-corrected chi connectivity index (χ2v) is 12.7. The van der Waals surface area contributed by atoms with Crippen molar-refractivity contribution in [2.75, 3.05) is 18.4 Å². The fourth-order valence-electron chi connectivity index (χ4n) is 7.56. The van der Waals surface area contributed by atoms with Gasteiger partial charge in [0, 0.05) is 30.4 Å². The fourth-order valence-corrected chi connectivity index (χ4v) is 7.56. The Hall–Kier alpha value is -3.82. The molecule has 0 fully saturated rings. The first kappa shape index (κ1) is 27.0. The van der Waals surface area contributed by atoms with Crippen molar-refractivity contribution in [2.24, 2.45) is 0 Å². The number of nitrogens with one attached hydrogen (secondary N) is 1. The minimum absolute atomic E-state index is 0.182. The van der Waals surface area contributed by atoms with Crippen LogP contribution in [0.4, 0.5) is 11.6 Å². The number of anilines is 2. The van der Waals surface area contributed by atoms with E-state index in [9.17, 15) is 9.90 Å². The van der Waals surface area contributed by atoms with Crippen molar-refractivity contribution in [2.45, 2.75) is 83.4 Å². The molecule has 1 aliphatic heterocycles. The second-order valence-electron chi connectivity index (χ2n) is 12.7. The molecule has 3 aromatic heterocycles. The van der Waals surface area contributed by atoms with Crippen molar-refractivity contribution in [3.8, 4) is 5.82 Å². The Morgan fingerprint density at radius 1 is 1.10 bits per heavy atom. The third kappa shape index (κ3) is 4.29. The highest BCUT2D eigenvalue weighted by Crippen LogP contribution is 2.44. The minimum atomic E-state index is -1.01. The highest BCUT2D eigenvalue weighted by molar-refractivity contribution is 5.77. The van der Waals surface area contributed by atoms with Gasteiger partial charge in [0.05, 0.1) is 12.2 Å². The zero-order valence-electron chi connectivity index (χ0n) is 24.8. The average Bonchev–Trinajstić information content (AvgIpc) is 3.34. The number of rotatable bonds is 6. The smallest absolute Gasteiger partial charge is 0.278 e. The second kappa shape index (κ2) is 9.88. The number of aryl methyl sites for hydroxylation is 2. The zero-order valence-corrected chi connectivity index (χ0v) is 24.8. The van der Waals surface area contributed by atoms with Crippen LogP contribution in [0.25, 0.3) is 16.9 Å². The molecule has 4 heterocycles. The minimum Gasteiger partial charge on any atom is -0.384 e. The Morgan fingerprint density at radius 3 is 2.74 bits per heavy atom. The Bertz CT molecular complexity index is 1790. The molecule has 0 bridgehead atoms. The molecule has 0 saturated carbocycles. The van der Waals surface area contributed by atoms with Crippen LogP contribution in [0.1, 0.15) is 74.4 Å². The van der Waals surface area contributed by atoms with Crippen LogP contribution in [0, 0.1) is 0 Å². The van der Waals surface area contributed by atoms with Gasteiger partial charge < -0.3 is 10.4 Å². The van der Waals surface area contributed by atoms with Crippen molar-refractivity contribution in [1.82, 2.24) is 29.2 Å². The fraction of sp³-hybridized carbons (Fsp3) is 0.455. The lowest BCUT2D eigenvalue weighted by atomic mass is 9.72. The number of hydrogen-bond donors (Lipinski definition) is 2. The number of hydrogen-bond acceptors (Lipinski definition) is 7. The van der Waals surface area contributed by atoms with Gasteiger partial charge >= 0.3 is 0 Å². The van der Waals surface area contributed by atoms with Gasteiger partial charge in [-0.3, -0.25) is 9.69 Å². The van der Waals surface area contributed by atoms with E-state index in [2.05, 4.69) is 47.8 Å². The van der Waals surface area contributed by atoms with E-state index in [4.69, 9.17) is 9.97 Å². The molecule has 0 saturated heterocycles. The monoisotopic (exact) mass is 565 g/mol. The first-order chi connectivity index (χ1) is 20.2. The highest BCUT2D eigenvalue weighted by atomic mass is 16.3. The molecule has 0 radical (unpaired) electrons. The quantitative estimate of drug-likeness (QED) is 0.322. The third-order valence-corrected chi connectivity index (χ3v) is 9.55. The van der Waals surface area contributed by atoms with Crippen molar-refractivity contribution >= 4 is 22.7 Å². The van der Waals surface area contributed by atoms with Crippen LogP contribution in [0.5, 0.6) is 0 Å². The molecular formula is C33H39N7O2. The van der Waals surface area contributed by atoms with Crippen molar-refractivity contribution in [3.05, 3.63) is 81.4 Å². The SMILES string of the molecule is C=CCn1c(=O)c2cnc(Nc3cc4c5c(c3)CN(CC)CC5(C)CCCC4)nc2n1-c1ccc2c(n1)C(C)(O)CC2. The average molecular weight is 566 g/mol.